The summed E-state index contributed by atoms with van der Waals surface area (Å²) in [4.78, 5) is 12.1. The van der Waals surface area contributed by atoms with Gasteiger partial charge in [-0.1, -0.05) is 29.3 Å². The fourth-order valence-corrected chi connectivity index (χ4v) is 2.21. The van der Waals surface area contributed by atoms with Crippen molar-refractivity contribution in [3.8, 4) is 11.5 Å². The number of hydrogen-bond donors (Lipinski definition) is 1. The van der Waals surface area contributed by atoms with Crippen LogP contribution in [0.25, 0.3) is 0 Å². The average Bonchev–Trinajstić information content (AvgIpc) is 2.50. The summed E-state index contributed by atoms with van der Waals surface area (Å²) in [6.07, 6.45) is -0.718. The van der Waals surface area contributed by atoms with Crippen molar-refractivity contribution in [1.29, 1.82) is 0 Å². The monoisotopic (exact) mass is 339 g/mol. The van der Waals surface area contributed by atoms with Crippen molar-refractivity contribution >= 4 is 34.8 Å². The fraction of sp³-hybridized carbons (Fsp3) is 0.188. The second-order valence-corrected chi connectivity index (χ2v) is 5.40. The van der Waals surface area contributed by atoms with Crippen LogP contribution in [0.4, 0.5) is 5.69 Å². The second kappa shape index (κ2) is 7.38. The zero-order valence-corrected chi connectivity index (χ0v) is 13.6. The lowest BCUT2D eigenvalue weighted by atomic mass is 10.2. The maximum absolute atomic E-state index is 12.1. The van der Waals surface area contributed by atoms with E-state index in [1.54, 1.807) is 56.5 Å². The van der Waals surface area contributed by atoms with Crippen LogP contribution in [-0.4, -0.2) is 19.1 Å². The van der Waals surface area contributed by atoms with E-state index in [0.29, 0.717) is 27.2 Å². The molecule has 0 radical (unpaired) electrons. The lowest BCUT2D eigenvalue weighted by Crippen LogP contribution is -2.30. The van der Waals surface area contributed by atoms with Gasteiger partial charge in [-0.3, -0.25) is 4.79 Å². The molecular weight excluding hydrogens is 325 g/mol. The molecule has 2 aromatic carbocycles. The number of halogens is 2. The molecule has 4 nitrogen and oxygen atoms in total. The SMILES string of the molecule is COc1cccc(NC(=O)[C@H](C)Oc2ccc(Cl)cc2Cl)c1. The summed E-state index contributed by atoms with van der Waals surface area (Å²) in [5, 5.41) is 3.61. The molecule has 0 spiro atoms. The van der Waals surface area contributed by atoms with E-state index in [-0.39, 0.29) is 5.91 Å². The minimum Gasteiger partial charge on any atom is -0.497 e. The van der Waals surface area contributed by atoms with E-state index in [1.807, 2.05) is 0 Å². The molecule has 0 saturated heterocycles. The molecule has 2 rings (SSSR count). The fourth-order valence-electron chi connectivity index (χ4n) is 1.76. The van der Waals surface area contributed by atoms with E-state index >= 15 is 0 Å². The first kappa shape index (κ1) is 16.5. The van der Waals surface area contributed by atoms with Crippen LogP contribution in [0.5, 0.6) is 11.5 Å². The lowest BCUT2D eigenvalue weighted by molar-refractivity contribution is -0.122. The number of amides is 1. The van der Waals surface area contributed by atoms with Crippen LogP contribution in [0.3, 0.4) is 0 Å². The first-order chi connectivity index (χ1) is 10.5. The predicted molar refractivity (Wildman–Crippen MR) is 88.2 cm³/mol. The van der Waals surface area contributed by atoms with Crippen LogP contribution in [0, 0.1) is 0 Å². The largest absolute Gasteiger partial charge is 0.497 e. The number of rotatable bonds is 5. The minimum atomic E-state index is -0.718. The van der Waals surface area contributed by atoms with Gasteiger partial charge in [0.1, 0.15) is 11.5 Å². The Balaban J connectivity index is 2.02. The van der Waals surface area contributed by atoms with Crippen LogP contribution in [0.2, 0.25) is 10.0 Å². The van der Waals surface area contributed by atoms with Gasteiger partial charge in [-0.2, -0.15) is 0 Å². The summed E-state index contributed by atoms with van der Waals surface area (Å²) >= 11 is 11.8. The summed E-state index contributed by atoms with van der Waals surface area (Å²) < 4.78 is 10.7. The van der Waals surface area contributed by atoms with Gasteiger partial charge in [0.25, 0.3) is 5.91 Å². The molecule has 0 saturated carbocycles. The Labute approximate surface area is 138 Å². The van der Waals surface area contributed by atoms with Crippen molar-refractivity contribution in [3.63, 3.8) is 0 Å². The molecule has 1 atom stereocenters. The molecule has 0 unspecified atom stereocenters. The number of carbonyl (C=O) groups excluding carboxylic acids is 1. The molecule has 0 aliphatic heterocycles. The van der Waals surface area contributed by atoms with Crippen molar-refractivity contribution in [2.24, 2.45) is 0 Å². The van der Waals surface area contributed by atoms with Crippen molar-refractivity contribution in [2.45, 2.75) is 13.0 Å². The van der Waals surface area contributed by atoms with Crippen molar-refractivity contribution in [1.82, 2.24) is 0 Å². The topological polar surface area (TPSA) is 47.6 Å². The normalized spacial score (nSPS) is 11.6. The highest BCUT2D eigenvalue weighted by molar-refractivity contribution is 6.35. The lowest BCUT2D eigenvalue weighted by Gasteiger charge is -2.16. The van der Waals surface area contributed by atoms with Gasteiger partial charge in [-0.25, -0.2) is 0 Å². The standard InChI is InChI=1S/C16H15Cl2NO3/c1-10(22-15-7-6-11(17)8-14(15)18)16(20)19-12-4-3-5-13(9-12)21-2/h3-10H,1-2H3,(H,19,20)/t10-/m0/s1. The van der Waals surface area contributed by atoms with Crippen LogP contribution < -0.4 is 14.8 Å². The number of hydrogen-bond acceptors (Lipinski definition) is 3. The van der Waals surface area contributed by atoms with Gasteiger partial charge in [-0.05, 0) is 37.3 Å². The van der Waals surface area contributed by atoms with Crippen LogP contribution in [-0.2, 0) is 4.79 Å². The number of nitrogens with one attached hydrogen (secondary N) is 1. The third-order valence-corrected chi connectivity index (χ3v) is 3.43. The molecule has 0 bridgehead atoms. The molecule has 116 valence electrons. The van der Waals surface area contributed by atoms with Crippen LogP contribution >= 0.6 is 23.2 Å². The quantitative estimate of drug-likeness (QED) is 0.877. The van der Waals surface area contributed by atoms with Crippen LogP contribution in [0.15, 0.2) is 42.5 Å². The molecule has 2 aromatic rings. The van der Waals surface area contributed by atoms with E-state index in [4.69, 9.17) is 32.7 Å². The van der Waals surface area contributed by atoms with E-state index < -0.39 is 6.10 Å². The Morgan fingerprint density at radius 1 is 1.18 bits per heavy atom. The highest BCUT2D eigenvalue weighted by Crippen LogP contribution is 2.28. The zero-order chi connectivity index (χ0) is 16.1. The van der Waals surface area contributed by atoms with Crippen molar-refractivity contribution in [3.05, 3.63) is 52.5 Å². The zero-order valence-electron chi connectivity index (χ0n) is 12.1. The summed E-state index contributed by atoms with van der Waals surface area (Å²) in [5.74, 6) is 0.769. The Morgan fingerprint density at radius 3 is 2.64 bits per heavy atom. The molecule has 0 aromatic heterocycles. The van der Waals surface area contributed by atoms with Crippen molar-refractivity contribution < 1.29 is 14.3 Å². The predicted octanol–water partition coefficient (Wildman–Crippen LogP) is 4.41. The third kappa shape index (κ3) is 4.29. The van der Waals surface area contributed by atoms with Gasteiger partial charge in [-0.15, -0.1) is 0 Å². The molecule has 6 heteroatoms. The van der Waals surface area contributed by atoms with Gasteiger partial charge in [0.15, 0.2) is 6.10 Å². The van der Waals surface area contributed by atoms with Gasteiger partial charge in [0.05, 0.1) is 12.1 Å². The Kier molecular flexibility index (Phi) is 5.52. The third-order valence-electron chi connectivity index (χ3n) is 2.90. The number of carbonyl (C=O) groups is 1. The highest BCUT2D eigenvalue weighted by Gasteiger charge is 2.16. The summed E-state index contributed by atoms with van der Waals surface area (Å²) in [7, 11) is 1.56. The maximum atomic E-state index is 12.1. The molecule has 0 heterocycles. The highest BCUT2D eigenvalue weighted by atomic mass is 35.5. The maximum Gasteiger partial charge on any atom is 0.265 e. The molecule has 0 aliphatic rings. The van der Waals surface area contributed by atoms with Gasteiger partial charge in [0.2, 0.25) is 0 Å². The van der Waals surface area contributed by atoms with E-state index in [0.717, 1.165) is 0 Å². The number of methoxy groups -OCH3 is 1. The Hall–Kier alpha value is -1.91. The molecule has 0 fully saturated rings. The number of anilines is 1. The minimum absolute atomic E-state index is 0.292. The number of ether oxygens (including phenoxy) is 2. The van der Waals surface area contributed by atoms with Gasteiger partial charge >= 0.3 is 0 Å². The first-order valence-electron chi connectivity index (χ1n) is 6.56. The average molecular weight is 340 g/mol. The van der Waals surface area contributed by atoms with E-state index in [2.05, 4.69) is 5.32 Å². The van der Waals surface area contributed by atoms with Gasteiger partial charge < -0.3 is 14.8 Å². The second-order valence-electron chi connectivity index (χ2n) is 4.56. The first-order valence-corrected chi connectivity index (χ1v) is 7.32. The molecule has 22 heavy (non-hydrogen) atoms. The smallest absolute Gasteiger partial charge is 0.265 e. The van der Waals surface area contributed by atoms with Gasteiger partial charge in [0, 0.05) is 16.8 Å². The Bertz CT molecular complexity index is 676. The molecule has 1 amide bonds. The summed E-state index contributed by atoms with van der Waals surface area (Å²) in [5.41, 5.74) is 0.627. The summed E-state index contributed by atoms with van der Waals surface area (Å²) in [6, 6.07) is 11.9. The number of benzene rings is 2. The van der Waals surface area contributed by atoms with E-state index in [9.17, 15) is 4.79 Å². The molecular formula is C16H15Cl2NO3. The molecule has 0 aliphatic carbocycles. The van der Waals surface area contributed by atoms with Crippen LogP contribution in [0.1, 0.15) is 6.92 Å². The Morgan fingerprint density at radius 2 is 1.95 bits per heavy atom. The summed E-state index contributed by atoms with van der Waals surface area (Å²) in [6.45, 7) is 1.64. The molecule has 1 N–H and O–H groups in total. The van der Waals surface area contributed by atoms with Crippen molar-refractivity contribution in [2.75, 3.05) is 12.4 Å². The van der Waals surface area contributed by atoms with E-state index in [1.165, 1.54) is 0 Å².